The van der Waals surface area contributed by atoms with Crippen molar-refractivity contribution in [3.8, 4) is 0 Å². The van der Waals surface area contributed by atoms with Gasteiger partial charge in [0.25, 0.3) is 5.92 Å². The van der Waals surface area contributed by atoms with Crippen molar-refractivity contribution in [2.75, 3.05) is 0 Å². The zero-order chi connectivity index (χ0) is 16.5. The summed E-state index contributed by atoms with van der Waals surface area (Å²) in [5.41, 5.74) is -2.11. The van der Waals surface area contributed by atoms with E-state index in [1.165, 1.54) is 17.3 Å². The Morgan fingerprint density at radius 2 is 1.91 bits per heavy atom. The molecule has 2 aromatic rings. The lowest BCUT2D eigenvalue weighted by Gasteiger charge is -2.42. The molecule has 120 valence electrons. The number of benzene rings is 1. The van der Waals surface area contributed by atoms with E-state index >= 15 is 0 Å². The SMILES string of the molecule is CC(C)[C@@](Cn1cncn1)(c1ccc(F)cc1F)C(C)(F)F. The van der Waals surface area contributed by atoms with Gasteiger partial charge in [0.15, 0.2) is 0 Å². The molecule has 0 aliphatic heterocycles. The molecule has 0 amide bonds. The topological polar surface area (TPSA) is 30.7 Å². The van der Waals surface area contributed by atoms with Crippen LogP contribution in [0.25, 0.3) is 0 Å². The van der Waals surface area contributed by atoms with Crippen LogP contribution in [-0.2, 0) is 12.0 Å². The van der Waals surface area contributed by atoms with E-state index in [1.54, 1.807) is 13.8 Å². The summed E-state index contributed by atoms with van der Waals surface area (Å²) in [6.45, 7) is 3.64. The highest BCUT2D eigenvalue weighted by Crippen LogP contribution is 2.47. The number of rotatable bonds is 5. The fourth-order valence-electron chi connectivity index (χ4n) is 2.88. The van der Waals surface area contributed by atoms with Crippen LogP contribution in [0.3, 0.4) is 0 Å². The maximum Gasteiger partial charge on any atom is 0.257 e. The third-order valence-corrected chi connectivity index (χ3v) is 4.06. The summed E-state index contributed by atoms with van der Waals surface area (Å²) in [6.07, 6.45) is 2.52. The number of halogens is 4. The van der Waals surface area contributed by atoms with Crippen molar-refractivity contribution in [1.82, 2.24) is 14.8 Å². The molecule has 3 nitrogen and oxygen atoms in total. The first kappa shape index (κ1) is 16.5. The van der Waals surface area contributed by atoms with Crippen LogP contribution in [0.2, 0.25) is 0 Å². The van der Waals surface area contributed by atoms with Gasteiger partial charge in [0.1, 0.15) is 24.3 Å². The van der Waals surface area contributed by atoms with Crippen molar-refractivity contribution < 1.29 is 17.6 Å². The van der Waals surface area contributed by atoms with Crippen LogP contribution in [0, 0.1) is 17.6 Å². The molecule has 1 aromatic carbocycles. The molecule has 7 heteroatoms. The molecular formula is C15H17F4N3. The monoisotopic (exact) mass is 315 g/mol. The summed E-state index contributed by atoms with van der Waals surface area (Å²) < 4.78 is 57.7. The van der Waals surface area contributed by atoms with Gasteiger partial charge in [-0.05, 0) is 12.0 Å². The molecular weight excluding hydrogens is 298 g/mol. The van der Waals surface area contributed by atoms with Crippen molar-refractivity contribution in [2.45, 2.75) is 38.7 Å². The average Bonchev–Trinajstić information content (AvgIpc) is 2.87. The van der Waals surface area contributed by atoms with Crippen LogP contribution in [0.15, 0.2) is 30.9 Å². The van der Waals surface area contributed by atoms with E-state index in [2.05, 4.69) is 10.1 Å². The number of alkyl halides is 2. The molecule has 22 heavy (non-hydrogen) atoms. The standard InChI is InChI=1S/C15H17F4N3/c1-10(2)15(14(3,18)19,7-22-9-20-8-21-22)12-5-4-11(16)6-13(12)17/h4-6,8-10H,7H2,1-3H3/t15-/m0/s1. The van der Waals surface area contributed by atoms with Crippen molar-refractivity contribution in [1.29, 1.82) is 0 Å². The fourth-order valence-corrected chi connectivity index (χ4v) is 2.88. The summed E-state index contributed by atoms with van der Waals surface area (Å²) in [6, 6.07) is 2.70. The predicted octanol–water partition coefficient (Wildman–Crippen LogP) is 3.81. The average molecular weight is 315 g/mol. The minimum Gasteiger partial charge on any atom is -0.252 e. The van der Waals surface area contributed by atoms with Crippen LogP contribution < -0.4 is 0 Å². The van der Waals surface area contributed by atoms with E-state index < -0.39 is 28.9 Å². The second kappa shape index (κ2) is 5.70. The van der Waals surface area contributed by atoms with Gasteiger partial charge >= 0.3 is 0 Å². The Hall–Kier alpha value is -1.92. The van der Waals surface area contributed by atoms with Gasteiger partial charge in [-0.25, -0.2) is 22.5 Å². The van der Waals surface area contributed by atoms with Crippen molar-refractivity contribution in [3.63, 3.8) is 0 Å². The largest absolute Gasteiger partial charge is 0.257 e. The lowest BCUT2D eigenvalue weighted by Crippen LogP contribution is -2.51. The Kier molecular flexibility index (Phi) is 4.26. The Labute approximate surface area is 126 Å². The third-order valence-electron chi connectivity index (χ3n) is 4.06. The number of nitrogens with zero attached hydrogens (tertiary/aromatic N) is 3. The van der Waals surface area contributed by atoms with E-state index in [4.69, 9.17) is 0 Å². The van der Waals surface area contributed by atoms with Crippen molar-refractivity contribution in [2.24, 2.45) is 5.92 Å². The Balaban J connectivity index is 2.67. The van der Waals surface area contributed by atoms with Gasteiger partial charge in [0.05, 0.1) is 12.0 Å². The van der Waals surface area contributed by atoms with Crippen LogP contribution in [0.1, 0.15) is 26.3 Å². The third kappa shape index (κ3) is 2.71. The van der Waals surface area contributed by atoms with Crippen LogP contribution in [-0.4, -0.2) is 20.7 Å². The van der Waals surface area contributed by atoms with E-state index in [-0.39, 0.29) is 12.1 Å². The molecule has 0 radical (unpaired) electrons. The van der Waals surface area contributed by atoms with E-state index in [0.717, 1.165) is 19.1 Å². The molecule has 0 saturated carbocycles. The first-order valence-corrected chi connectivity index (χ1v) is 6.84. The zero-order valence-corrected chi connectivity index (χ0v) is 12.5. The van der Waals surface area contributed by atoms with Crippen LogP contribution >= 0.6 is 0 Å². The van der Waals surface area contributed by atoms with Crippen molar-refractivity contribution >= 4 is 0 Å². The maximum absolute atomic E-state index is 14.5. The molecule has 0 aliphatic carbocycles. The fraction of sp³-hybridized carbons (Fsp3) is 0.467. The second-order valence-corrected chi connectivity index (χ2v) is 5.73. The van der Waals surface area contributed by atoms with Gasteiger partial charge in [0.2, 0.25) is 0 Å². The van der Waals surface area contributed by atoms with Crippen LogP contribution in [0.5, 0.6) is 0 Å². The maximum atomic E-state index is 14.5. The van der Waals surface area contributed by atoms with Gasteiger partial charge in [-0.15, -0.1) is 0 Å². The summed E-state index contributed by atoms with van der Waals surface area (Å²) >= 11 is 0. The molecule has 2 rings (SSSR count). The van der Waals surface area contributed by atoms with E-state index in [0.29, 0.717) is 6.07 Å². The van der Waals surface area contributed by atoms with E-state index in [9.17, 15) is 17.6 Å². The normalized spacial score (nSPS) is 15.1. The molecule has 0 bridgehead atoms. The minimum atomic E-state index is -3.26. The smallest absolute Gasteiger partial charge is 0.252 e. The van der Waals surface area contributed by atoms with Gasteiger partial charge in [0, 0.05) is 18.6 Å². The van der Waals surface area contributed by atoms with E-state index in [1.807, 2.05) is 0 Å². The molecule has 0 N–H and O–H groups in total. The summed E-state index contributed by atoms with van der Waals surface area (Å²) in [7, 11) is 0. The first-order valence-electron chi connectivity index (χ1n) is 6.84. The molecule has 1 atom stereocenters. The zero-order valence-electron chi connectivity index (χ0n) is 12.5. The Morgan fingerprint density at radius 3 is 2.36 bits per heavy atom. The lowest BCUT2D eigenvalue weighted by molar-refractivity contribution is -0.0932. The summed E-state index contributed by atoms with van der Waals surface area (Å²) in [5.74, 6) is -5.68. The highest BCUT2D eigenvalue weighted by molar-refractivity contribution is 5.31. The van der Waals surface area contributed by atoms with Gasteiger partial charge < -0.3 is 0 Å². The molecule has 0 spiro atoms. The quantitative estimate of drug-likeness (QED) is 0.786. The van der Waals surface area contributed by atoms with Crippen molar-refractivity contribution in [3.05, 3.63) is 48.1 Å². The Morgan fingerprint density at radius 1 is 1.23 bits per heavy atom. The lowest BCUT2D eigenvalue weighted by atomic mass is 9.67. The molecule has 0 saturated heterocycles. The molecule has 0 unspecified atom stereocenters. The molecule has 1 heterocycles. The van der Waals surface area contributed by atoms with Crippen LogP contribution in [0.4, 0.5) is 17.6 Å². The Bertz CT molecular complexity index is 635. The van der Waals surface area contributed by atoms with Gasteiger partial charge in [-0.1, -0.05) is 19.9 Å². The van der Waals surface area contributed by atoms with Gasteiger partial charge in [-0.3, -0.25) is 4.68 Å². The van der Waals surface area contributed by atoms with Gasteiger partial charge in [-0.2, -0.15) is 5.10 Å². The first-order chi connectivity index (χ1) is 10.2. The highest BCUT2D eigenvalue weighted by atomic mass is 19.3. The summed E-state index contributed by atoms with van der Waals surface area (Å²) in [4.78, 5) is 3.73. The number of hydrogen-bond donors (Lipinski definition) is 0. The molecule has 1 aromatic heterocycles. The highest BCUT2D eigenvalue weighted by Gasteiger charge is 2.55. The number of aromatic nitrogens is 3. The predicted molar refractivity (Wildman–Crippen MR) is 73.5 cm³/mol. The summed E-state index contributed by atoms with van der Waals surface area (Å²) in [5, 5.41) is 3.85. The molecule has 0 fully saturated rings. The number of hydrogen-bond acceptors (Lipinski definition) is 2. The molecule has 0 aliphatic rings. The minimum absolute atomic E-state index is 0.230. The second-order valence-electron chi connectivity index (χ2n) is 5.73.